The molecule has 0 amide bonds. The lowest BCUT2D eigenvalue weighted by Gasteiger charge is -2.13. The normalized spacial score (nSPS) is 26.8. The van der Waals surface area contributed by atoms with Gasteiger partial charge in [0, 0.05) is 10.1 Å². The molecule has 88 valence electrons. The molecule has 0 radical (unpaired) electrons. The lowest BCUT2D eigenvalue weighted by molar-refractivity contribution is 0.714. The first kappa shape index (κ1) is 11.2. The van der Waals surface area contributed by atoms with Crippen molar-refractivity contribution < 1.29 is 0 Å². The van der Waals surface area contributed by atoms with Gasteiger partial charge in [0.25, 0.3) is 0 Å². The maximum absolute atomic E-state index is 9.11. The van der Waals surface area contributed by atoms with E-state index in [0.717, 1.165) is 6.42 Å². The Hall–Kier alpha value is -0.940. The van der Waals surface area contributed by atoms with Crippen LogP contribution in [0.2, 0.25) is 0 Å². The molecule has 0 bridgehead atoms. The summed E-state index contributed by atoms with van der Waals surface area (Å²) in [6.45, 7) is 0. The van der Waals surface area contributed by atoms with Crippen LogP contribution in [0.4, 0.5) is 0 Å². The number of benzene rings is 1. The first-order valence-electron chi connectivity index (χ1n) is 6.55. The molecule has 1 aromatic rings. The van der Waals surface area contributed by atoms with Crippen LogP contribution in [0.3, 0.4) is 0 Å². The highest BCUT2D eigenvalue weighted by molar-refractivity contribution is 8.00. The molecule has 1 nitrogen and oxygen atoms in total. The SMILES string of the molecule is N#CC1CCCC1Sc1ccc2c(c1)CCC2. The molecule has 0 heterocycles. The highest BCUT2D eigenvalue weighted by Gasteiger charge is 2.28. The smallest absolute Gasteiger partial charge is 0.0667 e. The van der Waals surface area contributed by atoms with Gasteiger partial charge in [0.1, 0.15) is 0 Å². The third-order valence-corrected chi connectivity index (χ3v) is 5.37. The predicted molar refractivity (Wildman–Crippen MR) is 71.1 cm³/mol. The number of nitrogens with zero attached hydrogens (tertiary/aromatic N) is 1. The second-order valence-electron chi connectivity index (χ2n) is 5.11. The molecule has 0 saturated heterocycles. The van der Waals surface area contributed by atoms with Gasteiger partial charge < -0.3 is 0 Å². The molecule has 0 aliphatic heterocycles. The molecule has 0 spiro atoms. The van der Waals surface area contributed by atoms with Crippen molar-refractivity contribution in [2.75, 3.05) is 0 Å². The van der Waals surface area contributed by atoms with Gasteiger partial charge in [0.05, 0.1) is 12.0 Å². The maximum Gasteiger partial charge on any atom is 0.0667 e. The molecule has 2 aliphatic rings. The average Bonchev–Trinajstić information content (AvgIpc) is 2.96. The van der Waals surface area contributed by atoms with Crippen molar-refractivity contribution in [3.63, 3.8) is 0 Å². The zero-order valence-corrected chi connectivity index (χ0v) is 10.8. The molecule has 2 heteroatoms. The molecule has 1 aromatic carbocycles. The minimum atomic E-state index is 0.272. The van der Waals surface area contributed by atoms with Crippen LogP contribution in [0.5, 0.6) is 0 Å². The van der Waals surface area contributed by atoms with E-state index in [4.69, 9.17) is 5.26 Å². The molecule has 2 atom stereocenters. The van der Waals surface area contributed by atoms with Crippen molar-refractivity contribution in [1.82, 2.24) is 0 Å². The standard InChI is InChI=1S/C15H17NS/c16-10-13-5-2-6-15(13)17-14-8-7-11-3-1-4-12(11)9-14/h7-9,13,15H,1-6H2. The summed E-state index contributed by atoms with van der Waals surface area (Å²) >= 11 is 1.93. The van der Waals surface area contributed by atoms with Crippen molar-refractivity contribution >= 4 is 11.8 Å². The number of rotatable bonds is 2. The van der Waals surface area contributed by atoms with Crippen molar-refractivity contribution in [3.05, 3.63) is 29.3 Å². The summed E-state index contributed by atoms with van der Waals surface area (Å²) in [5.74, 6) is 0.272. The van der Waals surface area contributed by atoms with Crippen LogP contribution < -0.4 is 0 Å². The Bertz CT molecular complexity index is 460. The number of hydrogen-bond donors (Lipinski definition) is 0. The van der Waals surface area contributed by atoms with Gasteiger partial charge in [-0.15, -0.1) is 11.8 Å². The quantitative estimate of drug-likeness (QED) is 0.785. The highest BCUT2D eigenvalue weighted by atomic mass is 32.2. The summed E-state index contributed by atoms with van der Waals surface area (Å²) in [6, 6.07) is 9.37. The minimum Gasteiger partial charge on any atom is -0.198 e. The zero-order chi connectivity index (χ0) is 11.7. The molecule has 3 rings (SSSR count). The number of hydrogen-bond acceptors (Lipinski definition) is 2. The van der Waals surface area contributed by atoms with Crippen molar-refractivity contribution in [3.8, 4) is 6.07 Å². The van der Waals surface area contributed by atoms with Crippen molar-refractivity contribution in [2.45, 2.75) is 48.7 Å². The summed E-state index contributed by atoms with van der Waals surface area (Å²) in [7, 11) is 0. The Balaban J connectivity index is 1.75. The van der Waals surface area contributed by atoms with E-state index in [2.05, 4.69) is 24.3 Å². The van der Waals surface area contributed by atoms with Gasteiger partial charge in [0.15, 0.2) is 0 Å². The minimum absolute atomic E-state index is 0.272. The van der Waals surface area contributed by atoms with Crippen LogP contribution in [0.1, 0.15) is 36.8 Å². The second kappa shape index (κ2) is 4.74. The van der Waals surface area contributed by atoms with Crippen LogP contribution in [-0.2, 0) is 12.8 Å². The van der Waals surface area contributed by atoms with E-state index < -0.39 is 0 Å². The number of nitriles is 1. The lowest BCUT2D eigenvalue weighted by Crippen LogP contribution is -2.07. The first-order chi connectivity index (χ1) is 8.36. The summed E-state index contributed by atoms with van der Waals surface area (Å²) in [5.41, 5.74) is 3.08. The molecular weight excluding hydrogens is 226 g/mol. The number of fused-ring (bicyclic) bond motifs is 1. The molecule has 17 heavy (non-hydrogen) atoms. The van der Waals surface area contributed by atoms with E-state index in [1.54, 1.807) is 5.56 Å². The van der Waals surface area contributed by atoms with Crippen LogP contribution in [-0.4, -0.2) is 5.25 Å². The van der Waals surface area contributed by atoms with Crippen LogP contribution in [0.15, 0.2) is 23.1 Å². The summed E-state index contributed by atoms with van der Waals surface area (Å²) < 4.78 is 0. The Morgan fingerprint density at radius 2 is 2.00 bits per heavy atom. The van der Waals surface area contributed by atoms with Gasteiger partial charge >= 0.3 is 0 Å². The topological polar surface area (TPSA) is 23.8 Å². The summed E-state index contributed by atoms with van der Waals surface area (Å²) in [4.78, 5) is 1.37. The first-order valence-corrected chi connectivity index (χ1v) is 7.43. The third kappa shape index (κ3) is 2.21. The maximum atomic E-state index is 9.11. The fraction of sp³-hybridized carbons (Fsp3) is 0.533. The number of thioether (sulfide) groups is 1. The van der Waals surface area contributed by atoms with Gasteiger partial charge in [-0.1, -0.05) is 12.5 Å². The molecule has 1 fully saturated rings. The summed E-state index contributed by atoms with van der Waals surface area (Å²) in [5, 5.41) is 9.63. The monoisotopic (exact) mass is 243 g/mol. The molecule has 0 N–H and O–H groups in total. The lowest BCUT2D eigenvalue weighted by atomic mass is 10.1. The molecule has 0 aromatic heterocycles. The van der Waals surface area contributed by atoms with E-state index in [1.807, 2.05) is 11.8 Å². The van der Waals surface area contributed by atoms with E-state index in [9.17, 15) is 0 Å². The second-order valence-corrected chi connectivity index (χ2v) is 6.42. The molecular formula is C15H17NS. The van der Waals surface area contributed by atoms with E-state index >= 15 is 0 Å². The predicted octanol–water partition coefficient (Wildman–Crippen LogP) is 3.96. The van der Waals surface area contributed by atoms with E-state index in [0.29, 0.717) is 5.25 Å². The third-order valence-electron chi connectivity index (χ3n) is 3.98. The van der Waals surface area contributed by atoms with Crippen LogP contribution in [0, 0.1) is 17.2 Å². The highest BCUT2D eigenvalue weighted by Crippen LogP contribution is 2.39. The van der Waals surface area contributed by atoms with Crippen LogP contribution in [0.25, 0.3) is 0 Å². The van der Waals surface area contributed by atoms with Gasteiger partial charge in [-0.3, -0.25) is 0 Å². The Morgan fingerprint density at radius 1 is 1.12 bits per heavy atom. The fourth-order valence-electron chi connectivity index (χ4n) is 3.01. The van der Waals surface area contributed by atoms with Gasteiger partial charge in [-0.05, 0) is 55.4 Å². The fourth-order valence-corrected chi connectivity index (χ4v) is 4.36. The largest absolute Gasteiger partial charge is 0.198 e. The molecule has 1 saturated carbocycles. The van der Waals surface area contributed by atoms with Crippen molar-refractivity contribution in [2.24, 2.45) is 5.92 Å². The Labute approximate surface area is 107 Å². The summed E-state index contributed by atoms with van der Waals surface area (Å²) in [6.07, 6.45) is 7.34. The van der Waals surface area contributed by atoms with Gasteiger partial charge in [0.2, 0.25) is 0 Å². The number of aryl methyl sites for hydroxylation is 2. The Morgan fingerprint density at radius 3 is 2.88 bits per heavy atom. The van der Waals surface area contributed by atoms with Gasteiger partial charge in [-0.2, -0.15) is 5.26 Å². The van der Waals surface area contributed by atoms with E-state index in [-0.39, 0.29) is 5.92 Å². The zero-order valence-electron chi connectivity index (χ0n) is 9.98. The van der Waals surface area contributed by atoms with Crippen LogP contribution >= 0.6 is 11.8 Å². The Kier molecular flexibility index (Phi) is 3.11. The van der Waals surface area contributed by atoms with Gasteiger partial charge in [-0.25, -0.2) is 0 Å². The van der Waals surface area contributed by atoms with E-state index in [1.165, 1.54) is 42.6 Å². The molecule has 2 aliphatic carbocycles. The van der Waals surface area contributed by atoms with Crippen molar-refractivity contribution in [1.29, 1.82) is 5.26 Å². The molecule has 2 unspecified atom stereocenters. The average molecular weight is 243 g/mol.